The molecule has 0 saturated heterocycles. The first kappa shape index (κ1) is 15.0. The van der Waals surface area contributed by atoms with E-state index in [1.807, 2.05) is 0 Å². The van der Waals surface area contributed by atoms with Gasteiger partial charge in [-0.15, -0.1) is 11.3 Å². The number of hydrogen-bond donors (Lipinski definition) is 0. The van der Waals surface area contributed by atoms with Gasteiger partial charge in [0.1, 0.15) is 9.77 Å². The molecular weight excluding hydrogens is 346 g/mol. The third kappa shape index (κ3) is 3.26. The van der Waals surface area contributed by atoms with Crippen LogP contribution in [0.15, 0.2) is 19.1 Å². The molecule has 1 aromatic rings. The Morgan fingerprint density at radius 2 is 2.17 bits per heavy atom. The van der Waals surface area contributed by atoms with Crippen molar-refractivity contribution in [1.29, 1.82) is 0 Å². The van der Waals surface area contributed by atoms with E-state index in [4.69, 9.17) is 4.74 Å². The van der Waals surface area contributed by atoms with Gasteiger partial charge >= 0.3 is 5.97 Å². The second kappa shape index (κ2) is 5.75. The van der Waals surface area contributed by atoms with Crippen molar-refractivity contribution in [2.24, 2.45) is 4.40 Å². The fourth-order valence-corrected chi connectivity index (χ4v) is 4.34. The molecule has 0 aliphatic carbocycles. The maximum Gasteiger partial charge on any atom is 0.350 e. The van der Waals surface area contributed by atoms with Crippen LogP contribution in [-0.4, -0.2) is 26.6 Å². The minimum absolute atomic E-state index is 0.130. The summed E-state index contributed by atoms with van der Waals surface area (Å²) in [4.78, 5) is 21.3. The molecule has 98 valence electrons. The van der Waals surface area contributed by atoms with E-state index in [2.05, 4.69) is 20.3 Å². The molecule has 0 N–H and O–H groups in total. The summed E-state index contributed by atoms with van der Waals surface area (Å²) in [5.41, 5.74) is 0. The Morgan fingerprint density at radius 3 is 2.67 bits per heavy atom. The zero-order chi connectivity index (χ0) is 13.9. The zero-order valence-corrected chi connectivity index (χ0v) is 12.6. The van der Waals surface area contributed by atoms with Crippen molar-refractivity contribution >= 4 is 49.3 Å². The molecule has 0 aromatic carbocycles. The summed E-state index contributed by atoms with van der Waals surface area (Å²) in [6, 6.07) is 0. The van der Waals surface area contributed by atoms with E-state index in [1.165, 1.54) is 5.38 Å². The second-order valence-electron chi connectivity index (χ2n) is 3.35. The summed E-state index contributed by atoms with van der Waals surface area (Å²) < 4.78 is 31.1. The van der Waals surface area contributed by atoms with Gasteiger partial charge in [0.2, 0.25) is 0 Å². The summed E-state index contributed by atoms with van der Waals surface area (Å²) in [6.45, 7) is 3.27. The van der Waals surface area contributed by atoms with Crippen molar-refractivity contribution in [3.63, 3.8) is 0 Å². The molecule has 0 aliphatic heterocycles. The average molecular weight is 354 g/mol. The first-order valence-electron chi connectivity index (χ1n) is 4.61. The van der Waals surface area contributed by atoms with E-state index < -0.39 is 16.0 Å². The van der Waals surface area contributed by atoms with Crippen LogP contribution >= 0.6 is 27.3 Å². The Kier molecular flexibility index (Phi) is 4.80. The van der Waals surface area contributed by atoms with Crippen LogP contribution in [0.25, 0.3) is 0 Å². The summed E-state index contributed by atoms with van der Waals surface area (Å²) in [5, 5.41) is 1.41. The van der Waals surface area contributed by atoms with Gasteiger partial charge in [-0.05, 0) is 29.8 Å². The molecule has 0 radical (unpaired) electrons. The average Bonchev–Trinajstić information content (AvgIpc) is 2.59. The number of thiophene rings is 1. The summed E-state index contributed by atoms with van der Waals surface area (Å²) in [7, 11) is -4.25. The van der Waals surface area contributed by atoms with Crippen LogP contribution in [0.3, 0.4) is 0 Å². The predicted molar refractivity (Wildman–Crippen MR) is 67.9 cm³/mol. The van der Waals surface area contributed by atoms with E-state index in [0.29, 0.717) is 0 Å². The monoisotopic (exact) mass is 353 g/mol. The maximum atomic E-state index is 11.7. The number of rotatable bonds is 4. The molecule has 9 heteroatoms. The van der Waals surface area contributed by atoms with Crippen LogP contribution in [0.5, 0.6) is 0 Å². The predicted octanol–water partition coefficient (Wildman–Crippen LogP) is 2.10. The molecule has 0 fully saturated rings. The quantitative estimate of drug-likeness (QED) is 0.469. The highest BCUT2D eigenvalue weighted by Crippen LogP contribution is 2.33. The fraction of sp³-hybridized carbons (Fsp3) is 0.333. The Labute approximate surface area is 116 Å². The van der Waals surface area contributed by atoms with Crippen LogP contribution in [0.4, 0.5) is 0 Å². The summed E-state index contributed by atoms with van der Waals surface area (Å²) >= 11 is 3.88. The molecule has 0 aliphatic rings. The molecule has 18 heavy (non-hydrogen) atoms. The van der Waals surface area contributed by atoms with E-state index in [0.717, 1.165) is 17.4 Å². The van der Waals surface area contributed by atoms with Gasteiger partial charge in [0.15, 0.2) is 0 Å². The second-order valence-corrected chi connectivity index (χ2v) is 6.63. The topological polar surface area (TPSA) is 89.9 Å². The highest BCUT2D eigenvalue weighted by molar-refractivity contribution is 9.10. The largest absolute Gasteiger partial charge is 0.459 e. The molecule has 1 rings (SSSR count). The SMILES string of the molecule is CC(C)OC(=O)c1scc(Br)c1S(=O)(=O)N=C=O. The number of isocyanates is 1. The fourth-order valence-electron chi connectivity index (χ4n) is 1.07. The van der Waals surface area contributed by atoms with Crippen molar-refractivity contribution in [1.82, 2.24) is 0 Å². The Hall–Kier alpha value is -1.02. The van der Waals surface area contributed by atoms with Crippen LogP contribution in [0.2, 0.25) is 0 Å². The third-order valence-electron chi connectivity index (χ3n) is 1.65. The molecular formula is C9H8BrNO5S2. The number of carbonyl (C=O) groups excluding carboxylic acids is 2. The van der Waals surface area contributed by atoms with Crippen LogP contribution in [-0.2, 0) is 19.6 Å². The standard InChI is InChI=1S/C9H8BrNO5S2/c1-5(2)16-9(13)7-8(6(10)3-17-7)18(14,15)11-4-12/h3,5H,1-2H3. The molecule has 0 saturated carbocycles. The van der Waals surface area contributed by atoms with Gasteiger partial charge in [-0.2, -0.15) is 8.42 Å². The number of halogens is 1. The Morgan fingerprint density at radius 1 is 1.56 bits per heavy atom. The van der Waals surface area contributed by atoms with Gasteiger partial charge in [0.05, 0.1) is 6.10 Å². The number of carbonyl (C=O) groups is 1. The third-order valence-corrected chi connectivity index (χ3v) is 5.18. The first-order valence-corrected chi connectivity index (χ1v) is 7.73. The van der Waals surface area contributed by atoms with Gasteiger partial charge in [-0.25, -0.2) is 9.59 Å². The lowest BCUT2D eigenvalue weighted by molar-refractivity contribution is 0.0379. The van der Waals surface area contributed by atoms with Crippen LogP contribution in [0.1, 0.15) is 23.5 Å². The Bertz CT molecular complexity index is 613. The molecule has 0 atom stereocenters. The smallest absolute Gasteiger partial charge is 0.350 e. The molecule has 6 nitrogen and oxygen atoms in total. The first-order chi connectivity index (χ1) is 8.29. The zero-order valence-electron chi connectivity index (χ0n) is 9.34. The van der Waals surface area contributed by atoms with E-state index in [1.54, 1.807) is 13.8 Å². The van der Waals surface area contributed by atoms with Crippen molar-refractivity contribution in [2.75, 3.05) is 0 Å². The highest BCUT2D eigenvalue weighted by atomic mass is 79.9. The lowest BCUT2D eigenvalue weighted by Gasteiger charge is -2.07. The van der Waals surface area contributed by atoms with Gasteiger partial charge < -0.3 is 4.74 Å². The lowest BCUT2D eigenvalue weighted by Crippen LogP contribution is -2.13. The van der Waals surface area contributed by atoms with Gasteiger partial charge in [-0.1, -0.05) is 4.40 Å². The van der Waals surface area contributed by atoms with Gasteiger partial charge in [0, 0.05) is 9.85 Å². The van der Waals surface area contributed by atoms with E-state index in [-0.39, 0.29) is 20.3 Å². The molecule has 0 amide bonds. The summed E-state index contributed by atoms with van der Waals surface area (Å²) in [5.74, 6) is -0.777. The molecule has 0 spiro atoms. The van der Waals surface area contributed by atoms with E-state index >= 15 is 0 Å². The number of nitrogens with zero attached hydrogens (tertiary/aromatic N) is 1. The molecule has 0 unspecified atom stereocenters. The number of ether oxygens (including phenoxy) is 1. The van der Waals surface area contributed by atoms with Crippen LogP contribution < -0.4 is 0 Å². The van der Waals surface area contributed by atoms with Gasteiger partial charge in [0.25, 0.3) is 16.1 Å². The number of esters is 1. The van der Waals surface area contributed by atoms with Crippen molar-refractivity contribution in [3.8, 4) is 0 Å². The normalized spacial score (nSPS) is 11.1. The minimum Gasteiger partial charge on any atom is -0.459 e. The Balaban J connectivity index is 3.34. The lowest BCUT2D eigenvalue weighted by atomic mass is 10.4. The van der Waals surface area contributed by atoms with Gasteiger partial charge in [-0.3, -0.25) is 0 Å². The van der Waals surface area contributed by atoms with Crippen LogP contribution in [0, 0.1) is 0 Å². The number of hydrogen-bond acceptors (Lipinski definition) is 6. The maximum absolute atomic E-state index is 11.7. The molecule has 0 bridgehead atoms. The van der Waals surface area contributed by atoms with E-state index in [9.17, 15) is 18.0 Å². The highest BCUT2D eigenvalue weighted by Gasteiger charge is 2.28. The minimum atomic E-state index is -4.25. The van der Waals surface area contributed by atoms with Crippen molar-refractivity contribution in [3.05, 3.63) is 14.7 Å². The number of sulfonamides is 1. The van der Waals surface area contributed by atoms with Crippen molar-refractivity contribution in [2.45, 2.75) is 24.8 Å². The molecule has 1 aromatic heterocycles. The summed E-state index contributed by atoms with van der Waals surface area (Å²) in [6.07, 6.45) is 0.563. The molecule has 1 heterocycles. The van der Waals surface area contributed by atoms with Crippen molar-refractivity contribution < 1.29 is 22.7 Å².